The molecule has 1 aliphatic rings. The van der Waals surface area contributed by atoms with Gasteiger partial charge in [-0.05, 0) is 18.6 Å². The van der Waals surface area contributed by atoms with Gasteiger partial charge < -0.3 is 4.90 Å². The van der Waals surface area contributed by atoms with Crippen LogP contribution in [0.4, 0.5) is 32.2 Å². The fraction of sp³-hybridized carbons (Fsp3) is 0.400. The quantitative estimate of drug-likeness (QED) is 0.432. The highest BCUT2D eigenvalue weighted by Crippen LogP contribution is 2.37. The van der Waals surface area contributed by atoms with Gasteiger partial charge in [0.2, 0.25) is 5.82 Å². The Balaban J connectivity index is 1.92. The fourth-order valence-corrected chi connectivity index (χ4v) is 5.47. The van der Waals surface area contributed by atoms with E-state index in [9.17, 15) is 39.6 Å². The molecule has 1 aromatic heterocycles. The van der Waals surface area contributed by atoms with Crippen molar-refractivity contribution >= 4 is 21.4 Å². The largest absolute Gasteiger partial charge is 0.417 e. The first-order valence-electron chi connectivity index (χ1n) is 9.76. The van der Waals surface area contributed by atoms with Gasteiger partial charge in [0, 0.05) is 25.7 Å². The molecule has 0 amide bonds. The lowest BCUT2D eigenvalue weighted by Gasteiger charge is -2.21. The van der Waals surface area contributed by atoms with E-state index >= 15 is 0 Å². The van der Waals surface area contributed by atoms with Gasteiger partial charge >= 0.3 is 12.4 Å². The lowest BCUT2D eigenvalue weighted by molar-refractivity contribution is -0.140. The predicted molar refractivity (Wildman–Crippen MR) is 106 cm³/mol. The summed E-state index contributed by atoms with van der Waals surface area (Å²) in [5.74, 6) is -1.61. The minimum absolute atomic E-state index is 0.0699. The number of sulfone groups is 1. The highest BCUT2D eigenvalue weighted by molar-refractivity contribution is 7.92. The molecule has 34 heavy (non-hydrogen) atoms. The summed E-state index contributed by atoms with van der Waals surface area (Å²) in [7, 11) is -4.48. The molecule has 3 rings (SSSR count). The molecular weight excluding hydrogens is 490 g/mol. The number of anilines is 1. The number of nitrogens with zero attached hydrogens (tertiary/aromatic N) is 4. The smallest absolute Gasteiger partial charge is 0.355 e. The zero-order valence-corrected chi connectivity index (χ0v) is 18.0. The molecule has 1 aliphatic heterocycles. The van der Waals surface area contributed by atoms with Gasteiger partial charge in [0.25, 0.3) is 0 Å². The van der Waals surface area contributed by atoms with Gasteiger partial charge in [-0.15, -0.1) is 0 Å². The third-order valence-electron chi connectivity index (χ3n) is 5.19. The maximum absolute atomic E-state index is 13.3. The molecule has 0 bridgehead atoms. The average Bonchev–Trinajstić information content (AvgIpc) is 3.27. The molecule has 1 saturated heterocycles. The Hall–Kier alpha value is -3.21. The lowest BCUT2D eigenvalue weighted by Crippen LogP contribution is -2.30. The first-order chi connectivity index (χ1) is 15.7. The lowest BCUT2D eigenvalue weighted by atomic mass is 10.1. The zero-order chi connectivity index (χ0) is 25.3. The van der Waals surface area contributed by atoms with Gasteiger partial charge in [0.05, 0.1) is 27.7 Å². The second-order valence-electron chi connectivity index (χ2n) is 7.48. The number of hydrogen-bond acceptors (Lipinski definition) is 7. The fourth-order valence-electron chi connectivity index (χ4n) is 3.56. The molecule has 0 radical (unpaired) electrons. The molecular formula is C20H16F6N4O3S. The molecule has 0 aliphatic carbocycles. The predicted octanol–water partition coefficient (Wildman–Crippen LogP) is 3.94. The average molecular weight is 506 g/mol. The molecule has 1 fully saturated rings. The Labute approximate surface area is 190 Å². The van der Waals surface area contributed by atoms with Crippen LogP contribution in [0, 0.1) is 11.3 Å². The molecule has 7 nitrogen and oxygen atoms in total. The van der Waals surface area contributed by atoms with Crippen molar-refractivity contribution in [3.63, 3.8) is 0 Å². The molecule has 1 atom stereocenters. The molecule has 182 valence electrons. The second kappa shape index (κ2) is 9.21. The van der Waals surface area contributed by atoms with Crippen molar-refractivity contribution in [2.45, 2.75) is 41.8 Å². The summed E-state index contributed by atoms with van der Waals surface area (Å²) in [4.78, 5) is 20.2. The van der Waals surface area contributed by atoms with Crippen LogP contribution in [0.5, 0.6) is 0 Å². The van der Waals surface area contributed by atoms with Gasteiger partial charge in [-0.25, -0.2) is 18.4 Å². The van der Waals surface area contributed by atoms with Crippen molar-refractivity contribution in [2.75, 3.05) is 18.0 Å². The van der Waals surface area contributed by atoms with Crippen LogP contribution in [-0.2, 0) is 16.0 Å². The summed E-state index contributed by atoms with van der Waals surface area (Å²) < 4.78 is 104. The van der Waals surface area contributed by atoms with Gasteiger partial charge in [0.15, 0.2) is 15.6 Å². The van der Waals surface area contributed by atoms with Gasteiger partial charge in [-0.3, -0.25) is 4.79 Å². The molecule has 2 heterocycles. The van der Waals surface area contributed by atoms with Crippen molar-refractivity contribution in [3.8, 4) is 6.07 Å². The van der Waals surface area contributed by atoms with Gasteiger partial charge in [-0.1, -0.05) is 12.1 Å². The number of rotatable bonds is 6. The van der Waals surface area contributed by atoms with E-state index in [0.717, 1.165) is 24.4 Å². The Morgan fingerprint density at radius 1 is 1.18 bits per heavy atom. The standard InChI is InChI=1S/C20H16F6N4O3S/c21-19(22,23)7-5-15(31)13-10-28-17(9-27)29-18(13)30-8-6-12(11-30)34(32,33)16-4-2-1-3-14(16)20(24,25)26/h1-4,10,12H,5-8,11H2/t12-/m0/s1. The van der Waals surface area contributed by atoms with Gasteiger partial charge in [-0.2, -0.15) is 31.6 Å². The van der Waals surface area contributed by atoms with Crippen molar-refractivity contribution in [1.29, 1.82) is 5.26 Å². The van der Waals surface area contributed by atoms with E-state index in [2.05, 4.69) is 9.97 Å². The van der Waals surface area contributed by atoms with Crippen LogP contribution in [0.3, 0.4) is 0 Å². The van der Waals surface area contributed by atoms with Crippen molar-refractivity contribution in [3.05, 3.63) is 47.4 Å². The van der Waals surface area contributed by atoms with Gasteiger partial charge in [0.1, 0.15) is 11.9 Å². The summed E-state index contributed by atoms with van der Waals surface area (Å²) >= 11 is 0. The molecule has 1 aromatic carbocycles. The highest BCUT2D eigenvalue weighted by atomic mass is 32.2. The van der Waals surface area contributed by atoms with E-state index in [-0.39, 0.29) is 30.9 Å². The van der Waals surface area contributed by atoms with Crippen LogP contribution >= 0.6 is 0 Å². The van der Waals surface area contributed by atoms with Crippen molar-refractivity contribution in [1.82, 2.24) is 9.97 Å². The van der Waals surface area contributed by atoms with Crippen LogP contribution in [0.1, 0.15) is 41.0 Å². The Kier molecular flexibility index (Phi) is 6.88. The Morgan fingerprint density at radius 2 is 1.85 bits per heavy atom. The number of aromatic nitrogens is 2. The van der Waals surface area contributed by atoms with E-state index < -0.39 is 62.3 Å². The van der Waals surface area contributed by atoms with Crippen LogP contribution in [-0.4, -0.2) is 48.7 Å². The van der Waals surface area contributed by atoms with E-state index in [1.807, 2.05) is 0 Å². The Morgan fingerprint density at radius 3 is 2.47 bits per heavy atom. The summed E-state index contributed by atoms with van der Waals surface area (Å²) in [6.45, 7) is -0.449. The summed E-state index contributed by atoms with van der Waals surface area (Å²) in [6.07, 6.45) is -11.1. The zero-order valence-electron chi connectivity index (χ0n) is 17.2. The topological polar surface area (TPSA) is 104 Å². The van der Waals surface area contributed by atoms with E-state index in [1.165, 1.54) is 4.90 Å². The third kappa shape index (κ3) is 5.46. The van der Waals surface area contributed by atoms with E-state index in [0.29, 0.717) is 6.07 Å². The molecule has 0 N–H and O–H groups in total. The number of Topliss-reactive ketones (excluding diaryl/α,β-unsaturated/α-hetero) is 1. The van der Waals surface area contributed by atoms with Crippen molar-refractivity contribution in [2.24, 2.45) is 0 Å². The monoisotopic (exact) mass is 506 g/mol. The normalized spacial score (nSPS) is 17.0. The highest BCUT2D eigenvalue weighted by Gasteiger charge is 2.42. The summed E-state index contributed by atoms with van der Waals surface area (Å²) in [6, 6.07) is 5.35. The number of benzene rings is 1. The third-order valence-corrected chi connectivity index (χ3v) is 7.42. The number of ketones is 1. The summed E-state index contributed by atoms with van der Waals surface area (Å²) in [5.41, 5.74) is -1.65. The molecule has 0 saturated carbocycles. The van der Waals surface area contributed by atoms with Crippen LogP contribution < -0.4 is 4.90 Å². The number of halogens is 6. The number of alkyl halides is 6. The summed E-state index contributed by atoms with van der Waals surface area (Å²) in [5, 5.41) is 7.74. The van der Waals surface area contributed by atoms with Crippen LogP contribution in [0.25, 0.3) is 0 Å². The molecule has 14 heteroatoms. The number of hydrogen-bond donors (Lipinski definition) is 0. The first-order valence-corrected chi connectivity index (χ1v) is 11.3. The number of carbonyl (C=O) groups is 1. The number of carbonyl (C=O) groups excluding carboxylic acids is 1. The maximum atomic E-state index is 13.3. The first kappa shape index (κ1) is 25.4. The van der Waals surface area contributed by atoms with Crippen LogP contribution in [0.15, 0.2) is 35.4 Å². The molecule has 0 spiro atoms. The molecule has 2 aromatic rings. The maximum Gasteiger partial charge on any atom is 0.417 e. The number of nitriles is 1. The van der Waals surface area contributed by atoms with E-state index in [4.69, 9.17) is 5.26 Å². The van der Waals surface area contributed by atoms with E-state index in [1.54, 1.807) is 6.07 Å². The van der Waals surface area contributed by atoms with Crippen molar-refractivity contribution < 1.29 is 39.6 Å². The minimum Gasteiger partial charge on any atom is -0.355 e. The molecule has 0 unspecified atom stereocenters. The second-order valence-corrected chi connectivity index (χ2v) is 9.67. The van der Waals surface area contributed by atoms with Crippen LogP contribution in [0.2, 0.25) is 0 Å². The SMILES string of the molecule is N#Cc1ncc(C(=O)CCC(F)(F)F)c(N2CC[C@H](S(=O)(=O)c3ccccc3C(F)(F)F)C2)n1. The minimum atomic E-state index is -4.91. The Bertz CT molecular complexity index is 1240.